The van der Waals surface area contributed by atoms with Crippen LogP contribution in [-0.2, 0) is 20.7 Å². The average molecular weight is 338 g/mol. The summed E-state index contributed by atoms with van der Waals surface area (Å²) in [5.74, 6) is 0.187. The van der Waals surface area contributed by atoms with Crippen LogP contribution in [0.4, 0.5) is 0 Å². The van der Waals surface area contributed by atoms with E-state index in [1.54, 1.807) is 18.4 Å². The molecule has 1 aromatic heterocycles. The Balaban J connectivity index is 1.50. The molecule has 2 aliphatic rings. The van der Waals surface area contributed by atoms with Gasteiger partial charge in [-0.2, -0.15) is 0 Å². The fourth-order valence-corrected chi connectivity index (χ4v) is 4.33. The van der Waals surface area contributed by atoms with E-state index in [-0.39, 0.29) is 17.9 Å². The normalized spacial score (nSPS) is 27.8. The predicted molar refractivity (Wildman–Crippen MR) is 90.7 cm³/mol. The fourth-order valence-electron chi connectivity index (χ4n) is 3.62. The van der Waals surface area contributed by atoms with Crippen molar-refractivity contribution in [2.75, 3.05) is 40.0 Å². The largest absolute Gasteiger partial charge is 0.383 e. The van der Waals surface area contributed by atoms with E-state index in [1.807, 2.05) is 6.07 Å². The number of carbonyl (C=O) groups excluding carboxylic acids is 1. The number of fused-ring (bicyclic) bond motifs is 1. The van der Waals surface area contributed by atoms with E-state index in [9.17, 15) is 4.79 Å². The number of likely N-dealkylation sites (tertiary alicyclic amines) is 1. The van der Waals surface area contributed by atoms with Crippen molar-refractivity contribution in [3.8, 4) is 0 Å². The molecular formula is C17H26N2O3S. The second kappa shape index (κ2) is 8.24. The van der Waals surface area contributed by atoms with Gasteiger partial charge in [0, 0.05) is 44.3 Å². The maximum atomic E-state index is 12.5. The first-order valence-electron chi connectivity index (χ1n) is 8.42. The molecular weight excluding hydrogens is 312 g/mol. The van der Waals surface area contributed by atoms with Gasteiger partial charge in [-0.3, -0.25) is 9.69 Å². The minimum Gasteiger partial charge on any atom is -0.383 e. The maximum absolute atomic E-state index is 12.5. The first-order chi connectivity index (χ1) is 11.3. The summed E-state index contributed by atoms with van der Waals surface area (Å²) in [6.07, 6.45) is 3.03. The van der Waals surface area contributed by atoms with Crippen LogP contribution in [0.15, 0.2) is 17.5 Å². The molecule has 5 nitrogen and oxygen atoms in total. The number of ether oxygens (including phenoxy) is 2. The molecule has 3 rings (SSSR count). The molecule has 23 heavy (non-hydrogen) atoms. The first-order valence-corrected chi connectivity index (χ1v) is 9.30. The summed E-state index contributed by atoms with van der Waals surface area (Å²) in [6.45, 7) is 3.92. The van der Waals surface area contributed by atoms with Gasteiger partial charge in [-0.05, 0) is 30.7 Å². The number of piperidine rings is 1. The molecule has 0 radical (unpaired) electrons. The summed E-state index contributed by atoms with van der Waals surface area (Å²) in [6, 6.07) is 4.62. The summed E-state index contributed by atoms with van der Waals surface area (Å²) >= 11 is 1.74. The molecule has 128 valence electrons. The Bertz CT molecular complexity index is 494. The highest BCUT2D eigenvalue weighted by Gasteiger charge is 2.41. The highest BCUT2D eigenvalue weighted by molar-refractivity contribution is 7.09. The summed E-state index contributed by atoms with van der Waals surface area (Å²) in [4.78, 5) is 16.2. The second-order valence-corrected chi connectivity index (χ2v) is 7.34. The number of hydrogen-bond acceptors (Lipinski definition) is 5. The first kappa shape index (κ1) is 16.9. The number of carbonyl (C=O) groups is 1. The SMILES string of the molecule is COCCN1C[C@H](C(=O)NCCc2cccs2)C[C@@H]2OCC[C@@H]21. The van der Waals surface area contributed by atoms with Gasteiger partial charge < -0.3 is 14.8 Å². The number of nitrogens with zero attached hydrogens (tertiary/aromatic N) is 1. The van der Waals surface area contributed by atoms with E-state index in [4.69, 9.17) is 9.47 Å². The summed E-state index contributed by atoms with van der Waals surface area (Å²) < 4.78 is 11.1. The Morgan fingerprint density at radius 3 is 3.26 bits per heavy atom. The molecule has 3 atom stereocenters. The Morgan fingerprint density at radius 2 is 2.48 bits per heavy atom. The molecule has 0 spiro atoms. The van der Waals surface area contributed by atoms with E-state index in [2.05, 4.69) is 21.7 Å². The molecule has 3 heterocycles. The fraction of sp³-hybridized carbons (Fsp3) is 0.706. The Hall–Kier alpha value is -0.950. The van der Waals surface area contributed by atoms with Crippen molar-refractivity contribution in [1.82, 2.24) is 10.2 Å². The van der Waals surface area contributed by atoms with Crippen LogP contribution in [0.5, 0.6) is 0 Å². The Kier molecular flexibility index (Phi) is 6.05. The van der Waals surface area contributed by atoms with Crippen LogP contribution in [0.25, 0.3) is 0 Å². The quantitative estimate of drug-likeness (QED) is 0.819. The average Bonchev–Trinajstić information content (AvgIpc) is 3.23. The number of methoxy groups -OCH3 is 1. The minimum absolute atomic E-state index is 0.0227. The van der Waals surface area contributed by atoms with Gasteiger partial charge in [0.25, 0.3) is 0 Å². The second-order valence-electron chi connectivity index (χ2n) is 6.31. The highest BCUT2D eigenvalue weighted by Crippen LogP contribution is 2.31. The highest BCUT2D eigenvalue weighted by atomic mass is 32.1. The Morgan fingerprint density at radius 1 is 1.57 bits per heavy atom. The third-order valence-corrected chi connectivity index (χ3v) is 5.76. The van der Waals surface area contributed by atoms with Crippen molar-refractivity contribution in [2.45, 2.75) is 31.4 Å². The molecule has 2 saturated heterocycles. The number of rotatable bonds is 7. The number of hydrogen-bond donors (Lipinski definition) is 1. The third-order valence-electron chi connectivity index (χ3n) is 4.82. The monoisotopic (exact) mass is 338 g/mol. The van der Waals surface area contributed by atoms with E-state index in [0.717, 1.165) is 39.0 Å². The van der Waals surface area contributed by atoms with Gasteiger partial charge in [-0.1, -0.05) is 6.07 Å². The van der Waals surface area contributed by atoms with Crippen molar-refractivity contribution in [3.05, 3.63) is 22.4 Å². The van der Waals surface area contributed by atoms with Crippen LogP contribution >= 0.6 is 11.3 Å². The lowest BCUT2D eigenvalue weighted by atomic mass is 9.89. The topological polar surface area (TPSA) is 50.8 Å². The molecule has 0 aliphatic carbocycles. The van der Waals surface area contributed by atoms with Crippen molar-refractivity contribution < 1.29 is 14.3 Å². The van der Waals surface area contributed by atoms with Gasteiger partial charge in [0.1, 0.15) is 0 Å². The van der Waals surface area contributed by atoms with Crippen molar-refractivity contribution in [2.24, 2.45) is 5.92 Å². The summed E-state index contributed by atoms with van der Waals surface area (Å²) in [5, 5.41) is 5.17. The maximum Gasteiger partial charge on any atom is 0.224 e. The zero-order chi connectivity index (χ0) is 16.1. The summed E-state index contributed by atoms with van der Waals surface area (Å²) in [5.41, 5.74) is 0. The lowest BCUT2D eigenvalue weighted by Crippen LogP contribution is -2.53. The molecule has 0 saturated carbocycles. The smallest absolute Gasteiger partial charge is 0.224 e. The lowest BCUT2D eigenvalue weighted by molar-refractivity contribution is -0.129. The standard InChI is InChI=1S/C17H26N2O3S/c1-21-9-7-19-12-13(11-16-15(19)5-8-22-16)17(20)18-6-4-14-3-2-10-23-14/h2-3,10,13,15-16H,4-9,11-12H2,1H3,(H,18,20)/t13-,15+,16+/m1/s1. The van der Waals surface area contributed by atoms with Gasteiger partial charge in [0.2, 0.25) is 5.91 Å². The van der Waals surface area contributed by atoms with Gasteiger partial charge in [-0.25, -0.2) is 0 Å². The molecule has 0 aromatic carbocycles. The Labute approximate surface area is 142 Å². The van der Waals surface area contributed by atoms with Crippen LogP contribution in [0.3, 0.4) is 0 Å². The molecule has 0 unspecified atom stereocenters. The van der Waals surface area contributed by atoms with Crippen molar-refractivity contribution in [3.63, 3.8) is 0 Å². The molecule has 1 N–H and O–H groups in total. The summed E-state index contributed by atoms with van der Waals surface area (Å²) in [7, 11) is 1.72. The van der Waals surface area contributed by atoms with Gasteiger partial charge in [0.15, 0.2) is 0 Å². The third kappa shape index (κ3) is 4.32. The molecule has 2 fully saturated rings. The zero-order valence-electron chi connectivity index (χ0n) is 13.7. The zero-order valence-corrected chi connectivity index (χ0v) is 14.5. The van der Waals surface area contributed by atoms with Crippen LogP contribution in [0.2, 0.25) is 0 Å². The molecule has 6 heteroatoms. The van der Waals surface area contributed by atoms with E-state index < -0.39 is 0 Å². The van der Waals surface area contributed by atoms with Crippen LogP contribution in [0, 0.1) is 5.92 Å². The lowest BCUT2D eigenvalue weighted by Gasteiger charge is -2.40. The predicted octanol–water partition coefficient (Wildman–Crippen LogP) is 1.53. The van der Waals surface area contributed by atoms with E-state index in [0.29, 0.717) is 19.2 Å². The van der Waals surface area contributed by atoms with Crippen molar-refractivity contribution >= 4 is 17.2 Å². The van der Waals surface area contributed by atoms with Crippen LogP contribution in [-0.4, -0.2) is 62.9 Å². The van der Waals surface area contributed by atoms with Gasteiger partial charge >= 0.3 is 0 Å². The van der Waals surface area contributed by atoms with Crippen LogP contribution in [0.1, 0.15) is 17.7 Å². The molecule has 1 aromatic rings. The van der Waals surface area contributed by atoms with E-state index in [1.165, 1.54) is 4.88 Å². The molecule has 0 bridgehead atoms. The number of nitrogens with one attached hydrogen (secondary N) is 1. The number of thiophene rings is 1. The molecule has 2 aliphatic heterocycles. The van der Waals surface area contributed by atoms with E-state index >= 15 is 0 Å². The number of amides is 1. The van der Waals surface area contributed by atoms with Crippen molar-refractivity contribution in [1.29, 1.82) is 0 Å². The molecule has 1 amide bonds. The van der Waals surface area contributed by atoms with Crippen LogP contribution < -0.4 is 5.32 Å². The van der Waals surface area contributed by atoms with Gasteiger partial charge in [0.05, 0.1) is 18.6 Å². The minimum atomic E-state index is 0.0227. The van der Waals surface area contributed by atoms with Gasteiger partial charge in [-0.15, -0.1) is 11.3 Å².